The molecule has 0 bridgehead atoms. The van der Waals surface area contributed by atoms with Crippen LogP contribution in [-0.4, -0.2) is 32.2 Å². The predicted molar refractivity (Wildman–Crippen MR) is 73.8 cm³/mol. The molecule has 1 saturated carbocycles. The van der Waals surface area contributed by atoms with Gasteiger partial charge in [0, 0.05) is 11.3 Å². The van der Waals surface area contributed by atoms with E-state index in [1.807, 2.05) is 28.9 Å². The van der Waals surface area contributed by atoms with Gasteiger partial charge in [0.2, 0.25) is 5.91 Å². The summed E-state index contributed by atoms with van der Waals surface area (Å²) in [6.45, 7) is 1.65. The molecule has 0 radical (unpaired) electrons. The van der Waals surface area contributed by atoms with Crippen LogP contribution < -0.4 is 11.1 Å². The molecule has 0 aliphatic heterocycles. The lowest BCUT2D eigenvalue weighted by atomic mass is 10.2. The van der Waals surface area contributed by atoms with Crippen molar-refractivity contribution in [1.82, 2.24) is 20.2 Å². The van der Waals surface area contributed by atoms with Crippen LogP contribution >= 0.6 is 0 Å². The fourth-order valence-electron chi connectivity index (χ4n) is 1.94. The highest BCUT2D eigenvalue weighted by Gasteiger charge is 2.28. The topological polar surface area (TPSA) is 98.7 Å². The van der Waals surface area contributed by atoms with Crippen molar-refractivity contribution in [3.05, 3.63) is 24.3 Å². The number of rotatable bonds is 4. The Balaban J connectivity index is 1.87. The minimum Gasteiger partial charge on any atom is -0.325 e. The van der Waals surface area contributed by atoms with Gasteiger partial charge in [-0.1, -0.05) is 12.1 Å². The maximum Gasteiger partial charge on any atom is 0.240 e. The van der Waals surface area contributed by atoms with Crippen LogP contribution in [0.2, 0.25) is 0 Å². The second-order valence-electron chi connectivity index (χ2n) is 5.04. The minimum atomic E-state index is -0.546. The van der Waals surface area contributed by atoms with Crippen molar-refractivity contribution in [1.29, 1.82) is 0 Å². The number of aromatic nitrogens is 4. The van der Waals surface area contributed by atoms with Crippen LogP contribution in [0.25, 0.3) is 11.4 Å². The van der Waals surface area contributed by atoms with Gasteiger partial charge >= 0.3 is 0 Å². The zero-order chi connectivity index (χ0) is 14.1. The molecule has 1 aromatic carbocycles. The Morgan fingerprint density at radius 1 is 1.50 bits per heavy atom. The highest BCUT2D eigenvalue weighted by molar-refractivity contribution is 5.94. The van der Waals surface area contributed by atoms with E-state index in [2.05, 4.69) is 20.8 Å². The first-order valence-corrected chi connectivity index (χ1v) is 6.60. The maximum absolute atomic E-state index is 11.6. The third-order valence-electron chi connectivity index (χ3n) is 3.19. The second kappa shape index (κ2) is 5.01. The van der Waals surface area contributed by atoms with Crippen LogP contribution in [0.5, 0.6) is 0 Å². The van der Waals surface area contributed by atoms with Gasteiger partial charge in [-0.2, -0.15) is 0 Å². The van der Waals surface area contributed by atoms with E-state index < -0.39 is 6.04 Å². The molecule has 2 aromatic rings. The minimum absolute atomic E-state index is 0.219. The zero-order valence-electron chi connectivity index (χ0n) is 11.2. The lowest BCUT2D eigenvalue weighted by Gasteiger charge is -2.09. The number of nitrogens with one attached hydrogen (secondary N) is 1. The number of hydrogen-bond donors (Lipinski definition) is 2. The molecule has 1 unspecified atom stereocenters. The zero-order valence-corrected chi connectivity index (χ0v) is 11.2. The molecule has 1 aliphatic rings. The quantitative estimate of drug-likeness (QED) is 0.863. The fraction of sp³-hybridized carbons (Fsp3) is 0.385. The van der Waals surface area contributed by atoms with Gasteiger partial charge in [-0.15, -0.1) is 5.10 Å². The average molecular weight is 272 g/mol. The maximum atomic E-state index is 11.6. The standard InChI is InChI=1S/C13H16N6O/c1-8(14)13(20)15-10-4-2-3-9(7-10)12-16-17-18-19(12)11-5-6-11/h2-4,7-8,11H,5-6,14H2,1H3,(H,15,20). The molecule has 0 spiro atoms. The van der Waals surface area contributed by atoms with E-state index in [4.69, 9.17) is 5.73 Å². The molecular weight excluding hydrogens is 256 g/mol. The molecule has 3 N–H and O–H groups in total. The third-order valence-corrected chi connectivity index (χ3v) is 3.19. The first kappa shape index (κ1) is 12.7. The van der Waals surface area contributed by atoms with Crippen molar-refractivity contribution in [2.45, 2.75) is 31.8 Å². The number of tetrazole rings is 1. The monoisotopic (exact) mass is 272 g/mol. The average Bonchev–Trinajstić information content (AvgIpc) is 3.16. The summed E-state index contributed by atoms with van der Waals surface area (Å²) in [6.07, 6.45) is 2.22. The summed E-state index contributed by atoms with van der Waals surface area (Å²) in [7, 11) is 0. The number of benzene rings is 1. The van der Waals surface area contributed by atoms with Crippen molar-refractivity contribution in [3.8, 4) is 11.4 Å². The van der Waals surface area contributed by atoms with Crippen molar-refractivity contribution >= 4 is 11.6 Å². The predicted octanol–water partition coefficient (Wildman–Crippen LogP) is 0.961. The van der Waals surface area contributed by atoms with E-state index >= 15 is 0 Å². The highest BCUT2D eigenvalue weighted by atomic mass is 16.2. The molecule has 1 aliphatic carbocycles. The third kappa shape index (κ3) is 2.53. The van der Waals surface area contributed by atoms with Crippen LogP contribution in [0.4, 0.5) is 5.69 Å². The molecule has 7 heteroatoms. The van der Waals surface area contributed by atoms with Crippen LogP contribution in [0.1, 0.15) is 25.8 Å². The van der Waals surface area contributed by atoms with Gasteiger partial charge < -0.3 is 11.1 Å². The van der Waals surface area contributed by atoms with Crippen LogP contribution in [0, 0.1) is 0 Å². The molecule has 3 rings (SSSR count). The number of anilines is 1. The molecule has 7 nitrogen and oxygen atoms in total. The Bertz CT molecular complexity index is 631. The van der Waals surface area contributed by atoms with Gasteiger partial charge in [-0.25, -0.2) is 4.68 Å². The molecule has 1 amide bonds. The number of carbonyl (C=O) groups excluding carboxylic acids is 1. The van der Waals surface area contributed by atoms with Crippen LogP contribution in [0.15, 0.2) is 24.3 Å². The summed E-state index contributed by atoms with van der Waals surface area (Å²) in [5.74, 6) is 0.508. The molecule has 1 heterocycles. The first-order valence-electron chi connectivity index (χ1n) is 6.60. The Morgan fingerprint density at radius 3 is 3.00 bits per heavy atom. The number of carbonyl (C=O) groups is 1. The normalized spacial score (nSPS) is 15.9. The van der Waals surface area contributed by atoms with Crippen molar-refractivity contribution in [2.75, 3.05) is 5.32 Å². The summed E-state index contributed by atoms with van der Waals surface area (Å²) in [5, 5.41) is 14.6. The molecule has 20 heavy (non-hydrogen) atoms. The van der Waals surface area contributed by atoms with E-state index in [1.165, 1.54) is 0 Å². The summed E-state index contributed by atoms with van der Waals surface area (Å²) in [4.78, 5) is 11.6. The lowest BCUT2D eigenvalue weighted by Crippen LogP contribution is -2.32. The fourth-order valence-corrected chi connectivity index (χ4v) is 1.94. The lowest BCUT2D eigenvalue weighted by molar-refractivity contribution is -0.117. The molecule has 1 aromatic heterocycles. The van der Waals surface area contributed by atoms with E-state index in [0.29, 0.717) is 11.7 Å². The second-order valence-corrected chi connectivity index (χ2v) is 5.04. The summed E-state index contributed by atoms with van der Waals surface area (Å²) >= 11 is 0. The van der Waals surface area contributed by atoms with Gasteiger partial charge in [0.15, 0.2) is 5.82 Å². The molecule has 0 saturated heterocycles. The van der Waals surface area contributed by atoms with Crippen LogP contribution in [-0.2, 0) is 4.79 Å². The largest absolute Gasteiger partial charge is 0.325 e. The Morgan fingerprint density at radius 2 is 2.30 bits per heavy atom. The molecule has 1 atom stereocenters. The van der Waals surface area contributed by atoms with Gasteiger partial charge in [0.25, 0.3) is 0 Å². The van der Waals surface area contributed by atoms with E-state index in [0.717, 1.165) is 24.2 Å². The Hall–Kier alpha value is -2.28. The summed E-state index contributed by atoms with van der Waals surface area (Å²) in [5.41, 5.74) is 7.11. The van der Waals surface area contributed by atoms with Gasteiger partial charge in [-0.3, -0.25) is 4.79 Å². The Labute approximate surface area is 116 Å². The summed E-state index contributed by atoms with van der Waals surface area (Å²) in [6, 6.07) is 7.31. The number of hydrogen-bond acceptors (Lipinski definition) is 5. The molecular formula is C13H16N6O. The van der Waals surface area contributed by atoms with E-state index in [-0.39, 0.29) is 5.91 Å². The SMILES string of the molecule is CC(N)C(=O)Nc1cccc(-c2nnnn2C2CC2)c1. The van der Waals surface area contributed by atoms with Crippen molar-refractivity contribution in [2.24, 2.45) is 5.73 Å². The Kier molecular flexibility index (Phi) is 3.19. The smallest absolute Gasteiger partial charge is 0.240 e. The van der Waals surface area contributed by atoms with Crippen molar-refractivity contribution < 1.29 is 4.79 Å². The van der Waals surface area contributed by atoms with Gasteiger partial charge in [-0.05, 0) is 42.3 Å². The van der Waals surface area contributed by atoms with Gasteiger partial charge in [0.1, 0.15) is 0 Å². The highest BCUT2D eigenvalue weighted by Crippen LogP contribution is 2.36. The van der Waals surface area contributed by atoms with Crippen molar-refractivity contribution in [3.63, 3.8) is 0 Å². The van der Waals surface area contributed by atoms with E-state index in [1.54, 1.807) is 6.92 Å². The number of nitrogens with zero attached hydrogens (tertiary/aromatic N) is 4. The number of nitrogens with two attached hydrogens (primary N) is 1. The first-order chi connectivity index (χ1) is 9.65. The summed E-state index contributed by atoms with van der Waals surface area (Å²) < 4.78 is 1.84. The van der Waals surface area contributed by atoms with E-state index in [9.17, 15) is 4.79 Å². The molecule has 104 valence electrons. The molecule has 1 fully saturated rings. The van der Waals surface area contributed by atoms with Gasteiger partial charge in [0.05, 0.1) is 12.1 Å². The number of amides is 1. The van der Waals surface area contributed by atoms with Crippen LogP contribution in [0.3, 0.4) is 0 Å².